The number of sulfonamides is 1. The number of carbonyl (C=O) groups excluding carboxylic acids is 1. The van der Waals surface area contributed by atoms with Crippen LogP contribution in [-0.4, -0.2) is 49.7 Å². The van der Waals surface area contributed by atoms with Gasteiger partial charge >= 0.3 is 0 Å². The van der Waals surface area contributed by atoms with E-state index in [9.17, 15) is 13.2 Å². The number of anilines is 2. The molecule has 1 N–H and O–H groups in total. The van der Waals surface area contributed by atoms with E-state index >= 15 is 0 Å². The van der Waals surface area contributed by atoms with Crippen LogP contribution in [-0.2, 0) is 14.8 Å². The highest BCUT2D eigenvalue weighted by Crippen LogP contribution is 2.35. The van der Waals surface area contributed by atoms with Crippen molar-refractivity contribution in [2.45, 2.75) is 10.4 Å². The second-order valence-electron chi connectivity index (χ2n) is 4.93. The number of fused-ring (bicyclic) bond motifs is 1. The predicted molar refractivity (Wildman–Crippen MR) is 93.4 cm³/mol. The van der Waals surface area contributed by atoms with Crippen molar-refractivity contribution in [3.8, 4) is 5.75 Å². The number of hydrogen-bond acceptors (Lipinski definition) is 8. The molecule has 0 saturated carbocycles. The largest absolute Gasteiger partial charge is 0.476 e. The Balaban J connectivity index is 1.83. The molecule has 1 atom stereocenters. The van der Waals surface area contributed by atoms with Crippen molar-refractivity contribution in [1.29, 1.82) is 0 Å². The zero-order valence-corrected chi connectivity index (χ0v) is 15.2. The molecule has 0 bridgehead atoms. The fourth-order valence-electron chi connectivity index (χ4n) is 2.18. The minimum absolute atomic E-state index is 0.101. The molecule has 1 amide bonds. The lowest BCUT2D eigenvalue weighted by molar-refractivity contribution is -0.122. The Hall–Kier alpha value is -1.85. The maximum absolute atomic E-state index is 12.4. The second kappa shape index (κ2) is 6.57. The zero-order chi connectivity index (χ0) is 17.3. The van der Waals surface area contributed by atoms with Gasteiger partial charge in [0.1, 0.15) is 5.75 Å². The van der Waals surface area contributed by atoms with Crippen LogP contribution in [0.4, 0.5) is 10.8 Å². The Labute approximate surface area is 147 Å². The standard InChI is InChI=1S/C13H14N4O4S3/c1-22-13-16-15-12(23-13)14-11(18)10-7-17(24(2,19)20)8-5-3-4-6-9(8)21-10/h3-6,10H,7H2,1-2H3,(H,14,15,18)/t10-/m1/s1. The number of para-hydroxylation sites is 2. The number of amides is 1. The molecule has 1 aromatic heterocycles. The summed E-state index contributed by atoms with van der Waals surface area (Å²) in [4.78, 5) is 12.4. The summed E-state index contributed by atoms with van der Waals surface area (Å²) in [6.45, 7) is -0.101. The summed E-state index contributed by atoms with van der Waals surface area (Å²) in [7, 11) is -3.53. The molecule has 11 heteroatoms. The summed E-state index contributed by atoms with van der Waals surface area (Å²) in [6, 6.07) is 6.70. The van der Waals surface area contributed by atoms with Crippen LogP contribution < -0.4 is 14.4 Å². The van der Waals surface area contributed by atoms with E-state index in [0.29, 0.717) is 16.6 Å². The monoisotopic (exact) mass is 386 g/mol. The molecule has 2 aromatic rings. The van der Waals surface area contributed by atoms with E-state index < -0.39 is 22.0 Å². The summed E-state index contributed by atoms with van der Waals surface area (Å²) in [5, 5.41) is 10.7. The summed E-state index contributed by atoms with van der Waals surface area (Å²) >= 11 is 2.66. The van der Waals surface area contributed by atoms with E-state index in [1.54, 1.807) is 24.3 Å². The molecule has 0 saturated heterocycles. The number of nitrogens with one attached hydrogen (secondary N) is 1. The smallest absolute Gasteiger partial charge is 0.269 e. The van der Waals surface area contributed by atoms with Gasteiger partial charge in [0.05, 0.1) is 18.5 Å². The van der Waals surface area contributed by atoms with Gasteiger partial charge in [-0.1, -0.05) is 35.2 Å². The third-order valence-corrected chi connectivity index (χ3v) is 6.20. The number of carbonyl (C=O) groups is 1. The lowest BCUT2D eigenvalue weighted by atomic mass is 10.2. The molecular weight excluding hydrogens is 372 g/mol. The Morgan fingerprint density at radius 1 is 1.42 bits per heavy atom. The molecule has 2 heterocycles. The molecule has 0 unspecified atom stereocenters. The van der Waals surface area contributed by atoms with E-state index in [2.05, 4.69) is 15.5 Å². The van der Waals surface area contributed by atoms with E-state index in [-0.39, 0.29) is 6.54 Å². The topological polar surface area (TPSA) is 101 Å². The van der Waals surface area contributed by atoms with Crippen LogP contribution in [0.5, 0.6) is 5.75 Å². The minimum atomic E-state index is -3.53. The number of ether oxygens (including phenoxy) is 1. The quantitative estimate of drug-likeness (QED) is 0.626. The van der Waals surface area contributed by atoms with E-state index in [1.165, 1.54) is 27.4 Å². The lowest BCUT2D eigenvalue weighted by Crippen LogP contribution is -2.48. The molecule has 8 nitrogen and oxygen atoms in total. The molecule has 1 aliphatic heterocycles. The van der Waals surface area contributed by atoms with Gasteiger partial charge in [-0.05, 0) is 18.4 Å². The maximum atomic E-state index is 12.4. The number of aromatic nitrogens is 2. The van der Waals surface area contributed by atoms with Gasteiger partial charge in [-0.25, -0.2) is 8.42 Å². The molecule has 24 heavy (non-hydrogen) atoms. The molecule has 128 valence electrons. The second-order valence-corrected chi connectivity index (χ2v) is 8.87. The normalized spacial score (nSPS) is 17.1. The van der Waals surface area contributed by atoms with Crippen LogP contribution in [0.15, 0.2) is 28.6 Å². The summed E-state index contributed by atoms with van der Waals surface area (Å²) in [5.41, 5.74) is 0.421. The highest BCUT2D eigenvalue weighted by Gasteiger charge is 2.35. The van der Waals surface area contributed by atoms with Crippen molar-refractivity contribution in [2.24, 2.45) is 0 Å². The van der Waals surface area contributed by atoms with Crippen LogP contribution in [0.2, 0.25) is 0 Å². The molecule has 1 aromatic carbocycles. The summed E-state index contributed by atoms with van der Waals surface area (Å²) in [6.07, 6.45) is 1.98. The average molecular weight is 386 g/mol. The van der Waals surface area contributed by atoms with Crippen molar-refractivity contribution in [3.63, 3.8) is 0 Å². The van der Waals surface area contributed by atoms with Crippen molar-refractivity contribution >= 4 is 49.8 Å². The first kappa shape index (κ1) is 17.0. The highest BCUT2D eigenvalue weighted by molar-refractivity contribution is 8.00. The molecular formula is C13H14N4O4S3. The minimum Gasteiger partial charge on any atom is -0.476 e. The number of hydrogen-bond donors (Lipinski definition) is 1. The van der Waals surface area contributed by atoms with Crippen LogP contribution in [0.25, 0.3) is 0 Å². The lowest BCUT2D eigenvalue weighted by Gasteiger charge is -2.33. The fraction of sp³-hybridized carbons (Fsp3) is 0.308. The van der Waals surface area contributed by atoms with Gasteiger partial charge in [0.15, 0.2) is 10.4 Å². The van der Waals surface area contributed by atoms with Crippen molar-refractivity contribution in [2.75, 3.05) is 28.7 Å². The molecule has 1 aliphatic rings. The number of rotatable bonds is 4. The molecule has 0 aliphatic carbocycles. The van der Waals surface area contributed by atoms with Gasteiger partial charge in [-0.15, -0.1) is 10.2 Å². The Morgan fingerprint density at radius 2 is 2.17 bits per heavy atom. The van der Waals surface area contributed by atoms with Gasteiger partial charge < -0.3 is 4.74 Å². The Morgan fingerprint density at radius 3 is 2.83 bits per heavy atom. The average Bonchev–Trinajstić information content (AvgIpc) is 3.00. The molecule has 0 fully saturated rings. The van der Waals surface area contributed by atoms with Gasteiger partial charge in [0.25, 0.3) is 5.91 Å². The first-order valence-electron chi connectivity index (χ1n) is 6.80. The van der Waals surface area contributed by atoms with E-state index in [1.807, 2.05) is 6.26 Å². The Bertz CT molecular complexity index is 868. The molecule has 0 radical (unpaired) electrons. The SMILES string of the molecule is CSc1nnc(NC(=O)[C@H]2CN(S(C)(=O)=O)c3ccccc3O2)s1. The third kappa shape index (κ3) is 3.47. The van der Waals surface area contributed by atoms with E-state index in [0.717, 1.165) is 10.6 Å². The van der Waals surface area contributed by atoms with Gasteiger partial charge in [0.2, 0.25) is 15.2 Å². The van der Waals surface area contributed by atoms with Crippen LogP contribution >= 0.6 is 23.1 Å². The summed E-state index contributed by atoms with van der Waals surface area (Å²) in [5.74, 6) is -0.127. The van der Waals surface area contributed by atoms with Crippen LogP contribution in [0.1, 0.15) is 0 Å². The summed E-state index contributed by atoms with van der Waals surface area (Å²) < 4.78 is 31.6. The van der Waals surface area contributed by atoms with Crippen molar-refractivity contribution < 1.29 is 17.9 Å². The third-order valence-electron chi connectivity index (χ3n) is 3.24. The molecule has 0 spiro atoms. The fourth-order valence-corrected chi connectivity index (χ4v) is 4.27. The highest BCUT2D eigenvalue weighted by atomic mass is 32.2. The van der Waals surface area contributed by atoms with Crippen molar-refractivity contribution in [3.05, 3.63) is 24.3 Å². The van der Waals surface area contributed by atoms with Gasteiger partial charge in [-0.3, -0.25) is 14.4 Å². The van der Waals surface area contributed by atoms with Gasteiger partial charge in [0, 0.05) is 0 Å². The zero-order valence-electron chi connectivity index (χ0n) is 12.8. The van der Waals surface area contributed by atoms with E-state index in [4.69, 9.17) is 4.74 Å². The Kier molecular flexibility index (Phi) is 4.65. The number of benzene rings is 1. The first-order chi connectivity index (χ1) is 11.4. The van der Waals surface area contributed by atoms with Gasteiger partial charge in [-0.2, -0.15) is 0 Å². The van der Waals surface area contributed by atoms with Crippen molar-refractivity contribution in [1.82, 2.24) is 10.2 Å². The number of thioether (sulfide) groups is 1. The van der Waals surface area contributed by atoms with Crippen LogP contribution in [0.3, 0.4) is 0 Å². The maximum Gasteiger partial charge on any atom is 0.269 e. The predicted octanol–water partition coefficient (Wildman–Crippen LogP) is 1.43. The number of nitrogens with zero attached hydrogens (tertiary/aromatic N) is 3. The van der Waals surface area contributed by atoms with Crippen LogP contribution in [0, 0.1) is 0 Å². The molecule has 3 rings (SSSR count). The first-order valence-corrected chi connectivity index (χ1v) is 10.7.